The number of nitrogens with zero attached hydrogens (tertiary/aromatic N) is 1. The van der Waals surface area contributed by atoms with Crippen LogP contribution in [-0.4, -0.2) is 35.2 Å². The quantitative estimate of drug-likeness (QED) is 0.454. The maximum atomic E-state index is 13.6. The highest BCUT2D eigenvalue weighted by Crippen LogP contribution is 2.28. The Morgan fingerprint density at radius 1 is 1.06 bits per heavy atom. The normalized spacial score (nSPS) is 19.2. The molecular weight excluding hydrogens is 467 g/mol. The summed E-state index contributed by atoms with van der Waals surface area (Å²) in [5, 5.41) is 4.42. The SMILES string of the molecule is C[C@@H]1CCCC[C@@H]1NC(=O)[C@@H](c1ccc(Cl)cc1)N(CCc1ccccc1Cl)C(=O)CCl. The minimum atomic E-state index is -0.796. The number of hydrogen-bond donors (Lipinski definition) is 1. The van der Waals surface area contributed by atoms with Crippen molar-refractivity contribution in [1.82, 2.24) is 10.2 Å². The predicted molar refractivity (Wildman–Crippen MR) is 131 cm³/mol. The molecule has 0 aromatic heterocycles. The van der Waals surface area contributed by atoms with E-state index in [2.05, 4.69) is 12.2 Å². The van der Waals surface area contributed by atoms with Crippen molar-refractivity contribution >= 4 is 46.6 Å². The van der Waals surface area contributed by atoms with Gasteiger partial charge < -0.3 is 10.2 Å². The Bertz CT molecular complexity index is 920. The molecule has 2 aromatic rings. The summed E-state index contributed by atoms with van der Waals surface area (Å²) < 4.78 is 0. The zero-order chi connectivity index (χ0) is 23.1. The lowest BCUT2D eigenvalue weighted by Crippen LogP contribution is -2.49. The van der Waals surface area contributed by atoms with Gasteiger partial charge in [-0.05, 0) is 54.5 Å². The van der Waals surface area contributed by atoms with Crippen molar-refractivity contribution in [2.24, 2.45) is 5.92 Å². The lowest BCUT2D eigenvalue weighted by molar-refractivity contribution is -0.139. The van der Waals surface area contributed by atoms with E-state index < -0.39 is 6.04 Å². The van der Waals surface area contributed by atoms with Gasteiger partial charge in [0, 0.05) is 22.6 Å². The van der Waals surface area contributed by atoms with Gasteiger partial charge in [-0.1, -0.05) is 73.3 Å². The maximum absolute atomic E-state index is 13.6. The smallest absolute Gasteiger partial charge is 0.247 e. The minimum Gasteiger partial charge on any atom is -0.351 e. The standard InChI is InChI=1S/C25H29Cl3N2O2/c1-17-6-2-5-9-22(17)29-25(32)24(19-10-12-20(27)13-11-19)30(23(31)16-26)15-14-18-7-3-4-8-21(18)28/h3-4,7-8,10-13,17,22,24H,2,5-6,9,14-16H2,1H3,(H,29,32)/t17-,22+,24-/m1/s1. The second-order valence-electron chi connectivity index (χ2n) is 8.39. The summed E-state index contributed by atoms with van der Waals surface area (Å²) >= 11 is 18.4. The fraction of sp³-hybridized carbons (Fsp3) is 0.440. The second-order valence-corrected chi connectivity index (χ2v) is 9.50. The van der Waals surface area contributed by atoms with Gasteiger partial charge in [0.25, 0.3) is 0 Å². The summed E-state index contributed by atoms with van der Waals surface area (Å²) in [6.45, 7) is 2.48. The number of nitrogens with one attached hydrogen (secondary N) is 1. The Kier molecular flexibility index (Phi) is 9.27. The molecule has 1 saturated carbocycles. The molecule has 0 spiro atoms. The monoisotopic (exact) mass is 494 g/mol. The van der Waals surface area contributed by atoms with Crippen molar-refractivity contribution in [3.8, 4) is 0 Å². The third-order valence-electron chi connectivity index (χ3n) is 6.20. The molecule has 0 heterocycles. The van der Waals surface area contributed by atoms with E-state index in [9.17, 15) is 9.59 Å². The number of carbonyl (C=O) groups excluding carboxylic acids is 2. The fourth-order valence-corrected chi connectivity index (χ4v) is 4.84. The lowest BCUT2D eigenvalue weighted by atomic mass is 9.85. The third kappa shape index (κ3) is 6.40. The van der Waals surface area contributed by atoms with Crippen molar-refractivity contribution in [3.05, 3.63) is 69.7 Å². The van der Waals surface area contributed by atoms with E-state index in [1.807, 2.05) is 24.3 Å². The summed E-state index contributed by atoms with van der Waals surface area (Å²) in [6.07, 6.45) is 4.83. The molecule has 1 N–H and O–H groups in total. The first kappa shape index (κ1) is 24.9. The first-order chi connectivity index (χ1) is 15.4. The van der Waals surface area contributed by atoms with Crippen LogP contribution >= 0.6 is 34.8 Å². The van der Waals surface area contributed by atoms with Gasteiger partial charge in [0.2, 0.25) is 11.8 Å². The highest BCUT2D eigenvalue weighted by atomic mass is 35.5. The molecule has 1 aliphatic rings. The van der Waals surface area contributed by atoms with Crippen LogP contribution < -0.4 is 5.32 Å². The van der Waals surface area contributed by atoms with Crippen LogP contribution in [0.1, 0.15) is 49.8 Å². The molecule has 1 aliphatic carbocycles. The predicted octanol–water partition coefficient (Wildman–Crippen LogP) is 6.04. The Morgan fingerprint density at radius 2 is 1.75 bits per heavy atom. The van der Waals surface area contributed by atoms with Crippen molar-refractivity contribution in [3.63, 3.8) is 0 Å². The van der Waals surface area contributed by atoms with Gasteiger partial charge in [-0.25, -0.2) is 0 Å². The van der Waals surface area contributed by atoms with Gasteiger partial charge in [0.15, 0.2) is 0 Å². The molecule has 0 aliphatic heterocycles. The molecule has 32 heavy (non-hydrogen) atoms. The number of rotatable bonds is 8. The Morgan fingerprint density at radius 3 is 2.41 bits per heavy atom. The topological polar surface area (TPSA) is 49.4 Å². The first-order valence-electron chi connectivity index (χ1n) is 11.1. The van der Waals surface area contributed by atoms with E-state index in [1.165, 1.54) is 6.42 Å². The summed E-state index contributed by atoms with van der Waals surface area (Å²) in [7, 11) is 0. The van der Waals surface area contributed by atoms with Crippen LogP contribution in [0.15, 0.2) is 48.5 Å². The molecule has 0 saturated heterocycles. The van der Waals surface area contributed by atoms with Crippen LogP contribution in [0.2, 0.25) is 10.0 Å². The van der Waals surface area contributed by atoms with Gasteiger partial charge in [-0.3, -0.25) is 9.59 Å². The van der Waals surface area contributed by atoms with Gasteiger partial charge in [-0.2, -0.15) is 0 Å². The zero-order valence-corrected chi connectivity index (χ0v) is 20.5. The molecule has 1 fully saturated rings. The summed E-state index contributed by atoms with van der Waals surface area (Å²) in [6, 6.07) is 13.9. The molecule has 7 heteroatoms. The molecule has 0 radical (unpaired) electrons. The first-order valence-corrected chi connectivity index (χ1v) is 12.3. The maximum Gasteiger partial charge on any atom is 0.247 e. The van der Waals surface area contributed by atoms with Crippen LogP contribution in [-0.2, 0) is 16.0 Å². The Balaban J connectivity index is 1.89. The number of carbonyl (C=O) groups is 2. The lowest BCUT2D eigenvalue weighted by Gasteiger charge is -2.35. The van der Waals surface area contributed by atoms with E-state index in [0.717, 1.165) is 24.8 Å². The van der Waals surface area contributed by atoms with Crippen LogP contribution in [0.25, 0.3) is 0 Å². The van der Waals surface area contributed by atoms with Crippen LogP contribution in [0.4, 0.5) is 0 Å². The van der Waals surface area contributed by atoms with Crippen molar-refractivity contribution < 1.29 is 9.59 Å². The molecular formula is C25H29Cl3N2O2. The van der Waals surface area contributed by atoms with Crippen molar-refractivity contribution in [2.45, 2.75) is 51.1 Å². The van der Waals surface area contributed by atoms with E-state index in [4.69, 9.17) is 34.8 Å². The molecule has 4 nitrogen and oxygen atoms in total. The average molecular weight is 496 g/mol. The highest BCUT2D eigenvalue weighted by Gasteiger charge is 2.33. The van der Waals surface area contributed by atoms with Crippen LogP contribution in [0, 0.1) is 5.92 Å². The number of amides is 2. The van der Waals surface area contributed by atoms with E-state index >= 15 is 0 Å². The average Bonchev–Trinajstić information content (AvgIpc) is 2.79. The molecule has 2 aromatic carbocycles. The molecule has 2 amide bonds. The molecule has 3 rings (SSSR count). The van der Waals surface area contributed by atoms with Crippen LogP contribution in [0.3, 0.4) is 0 Å². The highest BCUT2D eigenvalue weighted by molar-refractivity contribution is 6.31. The van der Waals surface area contributed by atoms with E-state index in [1.54, 1.807) is 29.2 Å². The Hall–Kier alpha value is -1.75. The molecule has 172 valence electrons. The summed E-state index contributed by atoms with van der Waals surface area (Å²) in [5.74, 6) is -0.298. The van der Waals surface area contributed by atoms with Gasteiger partial charge in [-0.15, -0.1) is 11.6 Å². The summed E-state index contributed by atoms with van der Waals surface area (Å²) in [5.41, 5.74) is 1.62. The number of hydrogen-bond acceptors (Lipinski definition) is 2. The van der Waals surface area contributed by atoms with Crippen molar-refractivity contribution in [1.29, 1.82) is 0 Å². The molecule has 0 bridgehead atoms. The van der Waals surface area contributed by atoms with E-state index in [-0.39, 0.29) is 23.7 Å². The largest absolute Gasteiger partial charge is 0.351 e. The number of alkyl halides is 1. The van der Waals surface area contributed by atoms with E-state index in [0.29, 0.717) is 34.5 Å². The number of benzene rings is 2. The fourth-order valence-electron chi connectivity index (χ4n) is 4.33. The van der Waals surface area contributed by atoms with Gasteiger partial charge in [0.05, 0.1) is 0 Å². The molecule has 0 unspecified atom stereocenters. The summed E-state index contributed by atoms with van der Waals surface area (Å²) in [4.78, 5) is 28.0. The zero-order valence-electron chi connectivity index (χ0n) is 18.2. The van der Waals surface area contributed by atoms with Gasteiger partial charge >= 0.3 is 0 Å². The minimum absolute atomic E-state index is 0.0996. The third-order valence-corrected chi connectivity index (χ3v) is 7.05. The van der Waals surface area contributed by atoms with Crippen LogP contribution in [0.5, 0.6) is 0 Å². The van der Waals surface area contributed by atoms with Crippen molar-refractivity contribution in [2.75, 3.05) is 12.4 Å². The number of halogens is 3. The molecule has 3 atom stereocenters. The van der Waals surface area contributed by atoms with Gasteiger partial charge in [0.1, 0.15) is 11.9 Å². The second kappa shape index (κ2) is 11.9. The Labute approximate surface area is 205 Å².